The number of likely N-dealkylation sites (tertiary alicyclic amines) is 1. The van der Waals surface area contributed by atoms with Gasteiger partial charge in [-0.25, -0.2) is 4.79 Å². The third kappa shape index (κ3) is 3.04. The molecule has 1 aromatic carbocycles. The highest BCUT2D eigenvalue weighted by atomic mass is 16.5. The second-order valence-corrected chi connectivity index (χ2v) is 5.27. The molecule has 1 unspecified atom stereocenters. The smallest absolute Gasteiger partial charge is 0.332 e. The summed E-state index contributed by atoms with van der Waals surface area (Å²) < 4.78 is 10.2. The van der Waals surface area contributed by atoms with E-state index in [1.165, 1.54) is 7.11 Å². The zero-order valence-corrected chi connectivity index (χ0v) is 12.3. The van der Waals surface area contributed by atoms with Gasteiger partial charge in [0, 0.05) is 18.3 Å². The number of ether oxygens (including phenoxy) is 2. The fourth-order valence-corrected chi connectivity index (χ4v) is 2.76. The molecule has 0 aliphatic carbocycles. The lowest BCUT2D eigenvalue weighted by Crippen LogP contribution is -2.57. The topological polar surface area (TPSA) is 50.8 Å². The first-order valence-electron chi connectivity index (χ1n) is 6.79. The normalized spacial score (nSPS) is 23.1. The van der Waals surface area contributed by atoms with Crippen LogP contribution in [0.5, 0.6) is 5.75 Å². The fraction of sp³-hybridized carbons (Fsp3) is 0.533. The first-order valence-corrected chi connectivity index (χ1v) is 6.79. The Kier molecular flexibility index (Phi) is 4.49. The lowest BCUT2D eigenvalue weighted by atomic mass is 9.88. The highest BCUT2D eigenvalue weighted by Gasteiger charge is 2.42. The van der Waals surface area contributed by atoms with E-state index in [0.717, 1.165) is 30.8 Å². The van der Waals surface area contributed by atoms with Crippen LogP contribution in [0.1, 0.15) is 12.8 Å². The first kappa shape index (κ1) is 14.7. The third-order valence-electron chi connectivity index (χ3n) is 3.71. The predicted octanol–water partition coefficient (Wildman–Crippen LogP) is 1.74. The summed E-state index contributed by atoms with van der Waals surface area (Å²) in [7, 11) is 5.08. The Morgan fingerprint density at radius 3 is 2.85 bits per heavy atom. The Hall–Kier alpha value is -1.75. The number of nitrogens with one attached hydrogen (secondary N) is 1. The first-order chi connectivity index (χ1) is 9.59. The van der Waals surface area contributed by atoms with Crippen LogP contribution in [0.2, 0.25) is 0 Å². The summed E-state index contributed by atoms with van der Waals surface area (Å²) in [5, 5.41) is 3.35. The number of hydrogen-bond acceptors (Lipinski definition) is 5. The van der Waals surface area contributed by atoms with Gasteiger partial charge in [0.2, 0.25) is 0 Å². The minimum absolute atomic E-state index is 0.216. The lowest BCUT2D eigenvalue weighted by molar-refractivity contribution is -0.147. The molecule has 0 spiro atoms. The van der Waals surface area contributed by atoms with Gasteiger partial charge in [0.15, 0.2) is 0 Å². The summed E-state index contributed by atoms with van der Waals surface area (Å²) in [5.41, 5.74) is 0.179. The lowest BCUT2D eigenvalue weighted by Gasteiger charge is -2.40. The summed E-state index contributed by atoms with van der Waals surface area (Å²) in [6.07, 6.45) is 1.73. The molecule has 1 heterocycles. The van der Waals surface area contributed by atoms with Gasteiger partial charge in [0.25, 0.3) is 0 Å². The Morgan fingerprint density at radius 1 is 1.40 bits per heavy atom. The van der Waals surface area contributed by atoms with Crippen LogP contribution in [0, 0.1) is 0 Å². The molecule has 5 nitrogen and oxygen atoms in total. The van der Waals surface area contributed by atoms with Crippen molar-refractivity contribution in [3.63, 3.8) is 0 Å². The van der Waals surface area contributed by atoms with Crippen LogP contribution in [0.4, 0.5) is 5.69 Å². The molecule has 0 bridgehead atoms. The van der Waals surface area contributed by atoms with Gasteiger partial charge in [0.1, 0.15) is 11.3 Å². The average molecular weight is 278 g/mol. The summed E-state index contributed by atoms with van der Waals surface area (Å²) in [4.78, 5) is 14.4. The molecule has 1 aliphatic rings. The van der Waals surface area contributed by atoms with Gasteiger partial charge in [-0.3, -0.25) is 0 Å². The van der Waals surface area contributed by atoms with Crippen molar-refractivity contribution in [1.29, 1.82) is 0 Å². The number of hydrogen-bond donors (Lipinski definition) is 1. The van der Waals surface area contributed by atoms with E-state index >= 15 is 0 Å². The molecule has 5 heteroatoms. The largest absolute Gasteiger partial charge is 0.497 e. The average Bonchev–Trinajstić information content (AvgIpc) is 2.46. The van der Waals surface area contributed by atoms with E-state index in [-0.39, 0.29) is 5.97 Å². The number of benzene rings is 1. The van der Waals surface area contributed by atoms with Crippen molar-refractivity contribution < 1.29 is 14.3 Å². The number of piperidine rings is 1. The Labute approximate surface area is 119 Å². The van der Waals surface area contributed by atoms with Crippen molar-refractivity contribution >= 4 is 11.7 Å². The van der Waals surface area contributed by atoms with Gasteiger partial charge in [0.05, 0.1) is 14.2 Å². The van der Waals surface area contributed by atoms with E-state index in [9.17, 15) is 4.79 Å². The Morgan fingerprint density at radius 2 is 2.20 bits per heavy atom. The molecule has 1 aromatic rings. The Bertz CT molecular complexity index is 478. The molecular formula is C15H22N2O3. The van der Waals surface area contributed by atoms with Crippen LogP contribution in [0.15, 0.2) is 24.3 Å². The third-order valence-corrected chi connectivity index (χ3v) is 3.71. The minimum Gasteiger partial charge on any atom is -0.497 e. The summed E-state index contributed by atoms with van der Waals surface area (Å²) >= 11 is 0. The van der Waals surface area contributed by atoms with Crippen molar-refractivity contribution in [2.75, 3.05) is 39.7 Å². The van der Waals surface area contributed by atoms with Crippen molar-refractivity contribution in [2.24, 2.45) is 0 Å². The number of rotatable bonds is 4. The zero-order valence-electron chi connectivity index (χ0n) is 12.3. The quantitative estimate of drug-likeness (QED) is 0.850. The van der Waals surface area contributed by atoms with E-state index in [2.05, 4.69) is 10.2 Å². The molecule has 1 N–H and O–H groups in total. The second-order valence-electron chi connectivity index (χ2n) is 5.27. The number of anilines is 1. The van der Waals surface area contributed by atoms with Crippen molar-refractivity contribution in [3.8, 4) is 5.75 Å². The molecule has 1 aliphatic heterocycles. The number of methoxy groups -OCH3 is 2. The van der Waals surface area contributed by atoms with Crippen LogP contribution in [-0.2, 0) is 9.53 Å². The molecule has 0 radical (unpaired) electrons. The van der Waals surface area contributed by atoms with Crippen molar-refractivity contribution in [1.82, 2.24) is 4.90 Å². The molecule has 0 aromatic heterocycles. The van der Waals surface area contributed by atoms with Gasteiger partial charge in [-0.1, -0.05) is 6.07 Å². The number of nitrogens with zero attached hydrogens (tertiary/aromatic N) is 1. The van der Waals surface area contributed by atoms with Gasteiger partial charge in [-0.15, -0.1) is 0 Å². The zero-order chi connectivity index (χ0) is 14.6. The second kappa shape index (κ2) is 6.13. The molecule has 1 fully saturated rings. The molecule has 1 atom stereocenters. The number of carbonyl (C=O) groups is 1. The molecule has 20 heavy (non-hydrogen) atoms. The summed E-state index contributed by atoms with van der Waals surface area (Å²) in [5.74, 6) is 0.547. The van der Waals surface area contributed by atoms with Crippen LogP contribution in [0.3, 0.4) is 0 Å². The van der Waals surface area contributed by atoms with Crippen LogP contribution < -0.4 is 10.1 Å². The van der Waals surface area contributed by atoms with Gasteiger partial charge in [-0.05, 0) is 38.6 Å². The molecule has 1 saturated heterocycles. The highest BCUT2D eigenvalue weighted by Crippen LogP contribution is 2.28. The molecule has 0 amide bonds. The Balaban J connectivity index is 2.25. The maximum absolute atomic E-state index is 12.3. The minimum atomic E-state index is -0.686. The SMILES string of the molecule is COC(=O)C1(Nc2cccc(OC)c2)CCCN(C)C1. The number of carbonyl (C=O) groups excluding carboxylic acids is 1. The predicted molar refractivity (Wildman–Crippen MR) is 78.1 cm³/mol. The standard InChI is InChI=1S/C15H22N2O3/c1-17-9-5-8-15(11-17,14(18)20-3)16-12-6-4-7-13(10-12)19-2/h4,6-7,10,16H,5,8-9,11H2,1-3H3. The van der Waals surface area contributed by atoms with Crippen molar-refractivity contribution in [2.45, 2.75) is 18.4 Å². The summed E-state index contributed by atoms with van der Waals surface area (Å²) in [6.45, 7) is 1.63. The van der Waals surface area contributed by atoms with Gasteiger partial charge in [-0.2, -0.15) is 0 Å². The molecule has 2 rings (SSSR count). The van der Waals surface area contributed by atoms with E-state index in [0.29, 0.717) is 6.54 Å². The van der Waals surface area contributed by atoms with Gasteiger partial charge < -0.3 is 19.7 Å². The molecule has 0 saturated carbocycles. The maximum Gasteiger partial charge on any atom is 0.332 e. The summed E-state index contributed by atoms with van der Waals surface area (Å²) in [6, 6.07) is 7.60. The number of esters is 1. The maximum atomic E-state index is 12.3. The van der Waals surface area contributed by atoms with E-state index < -0.39 is 5.54 Å². The van der Waals surface area contributed by atoms with Crippen LogP contribution in [0.25, 0.3) is 0 Å². The van der Waals surface area contributed by atoms with Crippen LogP contribution in [-0.4, -0.2) is 50.8 Å². The van der Waals surface area contributed by atoms with Crippen molar-refractivity contribution in [3.05, 3.63) is 24.3 Å². The molecular weight excluding hydrogens is 256 g/mol. The van der Waals surface area contributed by atoms with E-state index in [4.69, 9.17) is 9.47 Å². The van der Waals surface area contributed by atoms with Crippen LogP contribution >= 0.6 is 0 Å². The van der Waals surface area contributed by atoms with Gasteiger partial charge >= 0.3 is 5.97 Å². The number of likely N-dealkylation sites (N-methyl/N-ethyl adjacent to an activating group) is 1. The highest BCUT2D eigenvalue weighted by molar-refractivity contribution is 5.85. The monoisotopic (exact) mass is 278 g/mol. The molecule has 110 valence electrons. The fourth-order valence-electron chi connectivity index (χ4n) is 2.76. The van der Waals surface area contributed by atoms with E-state index in [1.54, 1.807) is 7.11 Å². The van der Waals surface area contributed by atoms with E-state index in [1.807, 2.05) is 31.3 Å².